The zero-order valence-corrected chi connectivity index (χ0v) is 14.0. The van der Waals surface area contributed by atoms with E-state index in [1.807, 2.05) is 12.5 Å². The Bertz CT molecular complexity index is 701. The summed E-state index contributed by atoms with van der Waals surface area (Å²) in [5.41, 5.74) is 1.17. The van der Waals surface area contributed by atoms with E-state index in [4.69, 9.17) is 0 Å². The molecule has 6 nitrogen and oxygen atoms in total. The molecular weight excluding hydrogens is 304 g/mol. The van der Waals surface area contributed by atoms with Crippen LogP contribution in [0.25, 0.3) is 0 Å². The van der Waals surface area contributed by atoms with Crippen LogP contribution in [0.15, 0.2) is 43.0 Å². The van der Waals surface area contributed by atoms with Gasteiger partial charge in [-0.15, -0.1) is 0 Å². The zero-order chi connectivity index (χ0) is 17.1. The number of nitrogens with zero attached hydrogens (tertiary/aromatic N) is 3. The van der Waals surface area contributed by atoms with E-state index in [-0.39, 0.29) is 17.9 Å². The molecule has 0 spiro atoms. The van der Waals surface area contributed by atoms with Crippen molar-refractivity contribution >= 4 is 11.8 Å². The lowest BCUT2D eigenvalue weighted by molar-refractivity contribution is 0.0825. The summed E-state index contributed by atoms with van der Waals surface area (Å²) >= 11 is 0. The Morgan fingerprint density at radius 2 is 1.88 bits per heavy atom. The summed E-state index contributed by atoms with van der Waals surface area (Å²) in [6, 6.07) is 7.02. The molecule has 1 aromatic heterocycles. The Morgan fingerprint density at radius 3 is 2.46 bits per heavy atom. The molecule has 0 atom stereocenters. The molecule has 6 heteroatoms. The second-order valence-electron chi connectivity index (χ2n) is 6.54. The molecule has 126 valence electrons. The number of aromatic nitrogens is 2. The number of rotatable bonds is 5. The van der Waals surface area contributed by atoms with Crippen LogP contribution in [0.4, 0.5) is 0 Å². The van der Waals surface area contributed by atoms with Crippen LogP contribution >= 0.6 is 0 Å². The topological polar surface area (TPSA) is 67.2 Å². The molecular formula is C18H22N4O2. The molecule has 0 radical (unpaired) electrons. The van der Waals surface area contributed by atoms with E-state index in [0.717, 1.165) is 19.4 Å². The Balaban J connectivity index is 1.48. The van der Waals surface area contributed by atoms with Gasteiger partial charge in [-0.3, -0.25) is 9.59 Å². The van der Waals surface area contributed by atoms with Gasteiger partial charge in [0.1, 0.15) is 0 Å². The van der Waals surface area contributed by atoms with E-state index in [1.54, 1.807) is 44.6 Å². The molecule has 1 aromatic carbocycles. The van der Waals surface area contributed by atoms with Crippen molar-refractivity contribution in [2.75, 3.05) is 14.1 Å². The van der Waals surface area contributed by atoms with Gasteiger partial charge < -0.3 is 14.8 Å². The molecule has 1 fully saturated rings. The van der Waals surface area contributed by atoms with Crippen molar-refractivity contribution in [3.05, 3.63) is 54.1 Å². The summed E-state index contributed by atoms with van der Waals surface area (Å²) in [6.45, 7) is 0.952. The van der Waals surface area contributed by atoms with Crippen LogP contribution in [0.1, 0.15) is 33.6 Å². The summed E-state index contributed by atoms with van der Waals surface area (Å²) < 4.78 is 2.07. The third kappa shape index (κ3) is 3.64. The van der Waals surface area contributed by atoms with Gasteiger partial charge in [-0.25, -0.2) is 4.98 Å². The molecule has 0 aliphatic heterocycles. The van der Waals surface area contributed by atoms with Crippen LogP contribution in [-0.2, 0) is 6.54 Å². The van der Waals surface area contributed by atoms with Gasteiger partial charge in [0.15, 0.2) is 0 Å². The van der Waals surface area contributed by atoms with Crippen molar-refractivity contribution in [3.8, 4) is 0 Å². The SMILES string of the molecule is CN(C)C(=O)c1ccc(C(=O)NC2CC(Cn3ccnc3)C2)cc1. The van der Waals surface area contributed by atoms with Crippen LogP contribution in [-0.4, -0.2) is 46.4 Å². The molecule has 2 aromatic rings. The fourth-order valence-corrected chi connectivity index (χ4v) is 2.99. The van der Waals surface area contributed by atoms with E-state index >= 15 is 0 Å². The second-order valence-corrected chi connectivity index (χ2v) is 6.54. The second kappa shape index (κ2) is 6.86. The van der Waals surface area contributed by atoms with Crippen molar-refractivity contribution in [2.24, 2.45) is 5.92 Å². The Morgan fingerprint density at radius 1 is 1.21 bits per heavy atom. The molecule has 1 N–H and O–H groups in total. The van der Waals surface area contributed by atoms with E-state index in [9.17, 15) is 9.59 Å². The van der Waals surface area contributed by atoms with Crippen molar-refractivity contribution in [1.29, 1.82) is 0 Å². The van der Waals surface area contributed by atoms with E-state index < -0.39 is 0 Å². The zero-order valence-electron chi connectivity index (χ0n) is 14.0. The number of nitrogens with one attached hydrogen (secondary N) is 1. The first kappa shape index (κ1) is 16.2. The van der Waals surface area contributed by atoms with Gasteiger partial charge in [-0.05, 0) is 43.0 Å². The normalized spacial score (nSPS) is 19.4. The van der Waals surface area contributed by atoms with Gasteiger partial charge in [0.2, 0.25) is 0 Å². The van der Waals surface area contributed by atoms with E-state index in [1.165, 1.54) is 4.90 Å². The highest BCUT2D eigenvalue weighted by molar-refractivity contribution is 5.97. The highest BCUT2D eigenvalue weighted by Gasteiger charge is 2.30. The van der Waals surface area contributed by atoms with Gasteiger partial charge in [0, 0.05) is 50.2 Å². The fourth-order valence-electron chi connectivity index (χ4n) is 2.99. The third-order valence-electron chi connectivity index (χ3n) is 4.40. The predicted octanol–water partition coefficient (Wildman–Crippen LogP) is 1.79. The smallest absolute Gasteiger partial charge is 0.253 e. The number of imidazole rings is 1. The predicted molar refractivity (Wildman–Crippen MR) is 90.7 cm³/mol. The van der Waals surface area contributed by atoms with Crippen molar-refractivity contribution < 1.29 is 9.59 Å². The third-order valence-corrected chi connectivity index (χ3v) is 4.40. The lowest BCUT2D eigenvalue weighted by atomic mass is 9.80. The number of benzene rings is 1. The minimum absolute atomic E-state index is 0.0664. The summed E-state index contributed by atoms with van der Waals surface area (Å²) in [5.74, 6) is 0.442. The van der Waals surface area contributed by atoms with Crippen LogP contribution < -0.4 is 5.32 Å². The Kier molecular flexibility index (Phi) is 4.64. The van der Waals surface area contributed by atoms with Gasteiger partial charge in [0.25, 0.3) is 11.8 Å². The first-order chi connectivity index (χ1) is 11.5. The van der Waals surface area contributed by atoms with Crippen LogP contribution in [0.5, 0.6) is 0 Å². The van der Waals surface area contributed by atoms with Crippen molar-refractivity contribution in [2.45, 2.75) is 25.4 Å². The molecule has 1 heterocycles. The summed E-state index contributed by atoms with van der Waals surface area (Å²) in [7, 11) is 3.42. The van der Waals surface area contributed by atoms with E-state index in [2.05, 4.69) is 14.9 Å². The maximum Gasteiger partial charge on any atom is 0.253 e. The molecule has 1 aliphatic carbocycles. The fraction of sp³-hybridized carbons (Fsp3) is 0.389. The van der Waals surface area contributed by atoms with Crippen molar-refractivity contribution in [3.63, 3.8) is 0 Å². The van der Waals surface area contributed by atoms with Gasteiger partial charge >= 0.3 is 0 Å². The molecule has 0 bridgehead atoms. The Labute approximate surface area is 141 Å². The van der Waals surface area contributed by atoms with Gasteiger partial charge in [-0.1, -0.05) is 0 Å². The Hall–Kier alpha value is -2.63. The number of hydrogen-bond acceptors (Lipinski definition) is 3. The lowest BCUT2D eigenvalue weighted by Gasteiger charge is -2.36. The number of amides is 2. The molecule has 3 rings (SSSR count). The quantitative estimate of drug-likeness (QED) is 0.911. The highest BCUT2D eigenvalue weighted by atomic mass is 16.2. The minimum atomic E-state index is -0.0788. The van der Waals surface area contributed by atoms with Crippen LogP contribution in [0.2, 0.25) is 0 Å². The minimum Gasteiger partial charge on any atom is -0.349 e. The van der Waals surface area contributed by atoms with Crippen LogP contribution in [0, 0.1) is 5.92 Å². The summed E-state index contributed by atoms with van der Waals surface area (Å²) in [5, 5.41) is 3.05. The molecule has 24 heavy (non-hydrogen) atoms. The number of hydrogen-bond donors (Lipinski definition) is 1. The summed E-state index contributed by atoms with van der Waals surface area (Å²) in [6.07, 6.45) is 7.54. The highest BCUT2D eigenvalue weighted by Crippen LogP contribution is 2.29. The monoisotopic (exact) mass is 326 g/mol. The number of carbonyl (C=O) groups excluding carboxylic acids is 2. The maximum atomic E-state index is 12.3. The standard InChI is InChI=1S/C18H22N4O2/c1-21(2)18(24)15-5-3-14(4-6-15)17(23)20-16-9-13(10-16)11-22-8-7-19-12-22/h3-8,12-13,16H,9-11H2,1-2H3,(H,20,23). The van der Waals surface area contributed by atoms with E-state index in [0.29, 0.717) is 17.0 Å². The molecule has 1 aliphatic rings. The molecule has 0 saturated heterocycles. The molecule has 0 unspecified atom stereocenters. The lowest BCUT2D eigenvalue weighted by Crippen LogP contribution is -2.45. The summed E-state index contributed by atoms with van der Waals surface area (Å²) in [4.78, 5) is 29.7. The van der Waals surface area contributed by atoms with Gasteiger partial charge in [0.05, 0.1) is 6.33 Å². The largest absolute Gasteiger partial charge is 0.349 e. The van der Waals surface area contributed by atoms with Gasteiger partial charge in [-0.2, -0.15) is 0 Å². The first-order valence-electron chi connectivity index (χ1n) is 8.11. The first-order valence-corrected chi connectivity index (χ1v) is 8.11. The average molecular weight is 326 g/mol. The van der Waals surface area contributed by atoms with Crippen LogP contribution in [0.3, 0.4) is 0 Å². The average Bonchev–Trinajstić information content (AvgIpc) is 3.05. The molecule has 2 amide bonds. The maximum absolute atomic E-state index is 12.3. The number of carbonyl (C=O) groups is 2. The molecule has 1 saturated carbocycles. The van der Waals surface area contributed by atoms with Crippen molar-refractivity contribution in [1.82, 2.24) is 19.8 Å².